The first kappa shape index (κ1) is 15.6. The van der Waals surface area contributed by atoms with Crippen molar-refractivity contribution >= 4 is 13.4 Å². The van der Waals surface area contributed by atoms with Crippen molar-refractivity contribution in [3.8, 4) is 0 Å². The van der Waals surface area contributed by atoms with Gasteiger partial charge in [-0.1, -0.05) is 60.2 Å². The number of carbonyl (C=O) groups excluding carboxylic acids is 1. The predicted octanol–water partition coefficient (Wildman–Crippen LogP) is 3.14. The van der Waals surface area contributed by atoms with E-state index in [1.54, 1.807) is 42.5 Å². The van der Waals surface area contributed by atoms with E-state index in [0.717, 1.165) is 5.56 Å². The number of hydrogen-bond donors (Lipinski definition) is 2. The van der Waals surface area contributed by atoms with Crippen molar-refractivity contribution in [1.29, 1.82) is 0 Å². The summed E-state index contributed by atoms with van der Waals surface area (Å²) in [5.41, 5.74) is 2.10. The fraction of sp³-hybridized carbons (Fsp3) is 0.188. The van der Waals surface area contributed by atoms with Gasteiger partial charge in [-0.25, -0.2) is 0 Å². The van der Waals surface area contributed by atoms with Crippen molar-refractivity contribution in [1.82, 2.24) is 0 Å². The first-order valence-corrected chi connectivity index (χ1v) is 8.37. The average Bonchev–Trinajstić information content (AvgIpc) is 2.45. The lowest BCUT2D eigenvalue weighted by atomic mass is 9.92. The van der Waals surface area contributed by atoms with Crippen LogP contribution in [0.25, 0.3) is 0 Å². The maximum Gasteiger partial charge on any atom is 0.326 e. The van der Waals surface area contributed by atoms with Crippen LogP contribution in [0.1, 0.15) is 27.4 Å². The summed E-state index contributed by atoms with van der Waals surface area (Å²) in [5, 5.41) is 0. The van der Waals surface area contributed by atoms with E-state index in [1.807, 2.05) is 19.1 Å². The highest BCUT2D eigenvalue weighted by Crippen LogP contribution is 2.41. The Morgan fingerprint density at radius 3 is 2.14 bits per heavy atom. The summed E-state index contributed by atoms with van der Waals surface area (Å²) < 4.78 is 11.3. The molecule has 1 atom stereocenters. The molecule has 0 radical (unpaired) electrons. The fourth-order valence-electron chi connectivity index (χ4n) is 2.18. The number of Topliss-reactive ketones (excluding diaryl/α,β-unsaturated/α-hetero) is 1. The number of hydrogen-bond acceptors (Lipinski definition) is 2. The SMILES string of the molecule is Cc1ccc(C(=O)C(CP(=O)(O)O)c2ccccc2)cc1. The molecule has 0 heterocycles. The van der Waals surface area contributed by atoms with Crippen LogP contribution in [0.3, 0.4) is 0 Å². The minimum absolute atomic E-state index is 0.274. The topological polar surface area (TPSA) is 74.6 Å². The Morgan fingerprint density at radius 1 is 1.05 bits per heavy atom. The van der Waals surface area contributed by atoms with Gasteiger partial charge in [0.2, 0.25) is 0 Å². The lowest BCUT2D eigenvalue weighted by Crippen LogP contribution is -2.17. The van der Waals surface area contributed by atoms with E-state index in [0.29, 0.717) is 11.1 Å². The molecule has 110 valence electrons. The largest absolute Gasteiger partial charge is 0.326 e. The molecule has 0 spiro atoms. The van der Waals surface area contributed by atoms with Gasteiger partial charge in [0, 0.05) is 5.56 Å². The summed E-state index contributed by atoms with van der Waals surface area (Å²) in [4.78, 5) is 31.1. The zero-order valence-electron chi connectivity index (χ0n) is 11.6. The number of ketones is 1. The van der Waals surface area contributed by atoms with E-state index in [2.05, 4.69) is 0 Å². The Kier molecular flexibility index (Phi) is 4.73. The summed E-state index contributed by atoms with van der Waals surface area (Å²) in [6, 6.07) is 15.7. The first-order chi connectivity index (χ1) is 9.87. The molecule has 2 N–H and O–H groups in total. The number of rotatable bonds is 5. The van der Waals surface area contributed by atoms with Gasteiger partial charge in [-0.3, -0.25) is 9.36 Å². The first-order valence-electron chi connectivity index (χ1n) is 6.57. The highest BCUT2D eigenvalue weighted by molar-refractivity contribution is 7.51. The van der Waals surface area contributed by atoms with Crippen molar-refractivity contribution in [3.05, 3.63) is 71.3 Å². The molecule has 0 aliphatic heterocycles. The molecular formula is C16H17O4P. The van der Waals surface area contributed by atoms with Gasteiger partial charge in [-0.15, -0.1) is 0 Å². The van der Waals surface area contributed by atoms with Gasteiger partial charge in [-0.05, 0) is 12.5 Å². The van der Waals surface area contributed by atoms with Crippen molar-refractivity contribution < 1.29 is 19.1 Å². The third-order valence-electron chi connectivity index (χ3n) is 3.27. The second-order valence-corrected chi connectivity index (χ2v) is 6.74. The standard InChI is InChI=1S/C16H17O4P/c1-12-7-9-14(10-8-12)16(17)15(11-21(18,19)20)13-5-3-2-4-6-13/h2-10,15H,11H2,1H3,(H2,18,19,20). The average molecular weight is 304 g/mol. The zero-order chi connectivity index (χ0) is 15.5. The van der Waals surface area contributed by atoms with Crippen molar-refractivity contribution in [2.45, 2.75) is 12.8 Å². The quantitative estimate of drug-likeness (QED) is 0.657. The molecule has 0 aliphatic carbocycles. The van der Waals surface area contributed by atoms with E-state index in [4.69, 9.17) is 0 Å². The Bertz CT molecular complexity index is 658. The molecule has 0 amide bonds. The van der Waals surface area contributed by atoms with Gasteiger partial charge in [0.25, 0.3) is 0 Å². The third kappa shape index (κ3) is 4.36. The van der Waals surface area contributed by atoms with Gasteiger partial charge in [-0.2, -0.15) is 0 Å². The highest BCUT2D eigenvalue weighted by Gasteiger charge is 2.29. The van der Waals surface area contributed by atoms with Gasteiger partial charge in [0.1, 0.15) is 0 Å². The molecule has 2 aromatic rings. The van der Waals surface area contributed by atoms with Crippen LogP contribution in [0.4, 0.5) is 0 Å². The molecule has 2 rings (SSSR count). The molecule has 0 bridgehead atoms. The van der Waals surface area contributed by atoms with E-state index < -0.39 is 19.7 Å². The molecule has 2 aromatic carbocycles. The molecule has 5 heteroatoms. The van der Waals surface area contributed by atoms with Crippen LogP contribution in [-0.2, 0) is 4.57 Å². The molecule has 0 aromatic heterocycles. The molecule has 1 unspecified atom stereocenters. The number of carbonyl (C=O) groups is 1. The Labute approximate surface area is 123 Å². The molecule has 4 nitrogen and oxygen atoms in total. The summed E-state index contributed by atoms with van der Waals surface area (Å²) in [6.07, 6.45) is -0.482. The summed E-state index contributed by atoms with van der Waals surface area (Å²) in [7, 11) is -4.29. The molecule has 0 aliphatic rings. The highest BCUT2D eigenvalue weighted by atomic mass is 31.2. The molecule has 21 heavy (non-hydrogen) atoms. The minimum Gasteiger partial charge on any atom is -0.324 e. The number of aryl methyl sites for hydroxylation is 1. The Balaban J connectivity index is 2.37. The minimum atomic E-state index is -4.29. The van der Waals surface area contributed by atoms with Crippen molar-refractivity contribution in [3.63, 3.8) is 0 Å². The molecule has 0 fully saturated rings. The lowest BCUT2D eigenvalue weighted by molar-refractivity contribution is 0.0964. The Morgan fingerprint density at radius 2 is 1.62 bits per heavy atom. The molecule has 0 saturated heterocycles. The van der Waals surface area contributed by atoms with Crippen LogP contribution in [0.5, 0.6) is 0 Å². The maximum absolute atomic E-state index is 12.6. The van der Waals surface area contributed by atoms with E-state index in [-0.39, 0.29) is 5.78 Å². The second-order valence-electron chi connectivity index (χ2n) is 5.04. The van der Waals surface area contributed by atoms with Crippen LogP contribution in [0.15, 0.2) is 54.6 Å². The van der Waals surface area contributed by atoms with Crippen LogP contribution < -0.4 is 0 Å². The smallest absolute Gasteiger partial charge is 0.324 e. The summed E-state index contributed by atoms with van der Waals surface area (Å²) in [5.74, 6) is -1.11. The van der Waals surface area contributed by atoms with Crippen LogP contribution in [0.2, 0.25) is 0 Å². The number of benzene rings is 2. The Hall–Kier alpha value is -1.74. The van der Waals surface area contributed by atoms with Gasteiger partial charge >= 0.3 is 7.60 Å². The summed E-state index contributed by atoms with van der Waals surface area (Å²) in [6.45, 7) is 1.92. The van der Waals surface area contributed by atoms with Gasteiger partial charge in [0.05, 0.1) is 12.1 Å². The molecule has 0 saturated carbocycles. The third-order valence-corrected chi connectivity index (χ3v) is 4.12. The van der Waals surface area contributed by atoms with Crippen LogP contribution in [-0.4, -0.2) is 21.7 Å². The summed E-state index contributed by atoms with van der Waals surface area (Å²) >= 11 is 0. The van der Waals surface area contributed by atoms with Gasteiger partial charge < -0.3 is 9.79 Å². The zero-order valence-corrected chi connectivity index (χ0v) is 12.5. The maximum atomic E-state index is 12.6. The van der Waals surface area contributed by atoms with Crippen molar-refractivity contribution in [2.75, 3.05) is 6.16 Å². The fourth-order valence-corrected chi connectivity index (χ4v) is 3.03. The predicted molar refractivity (Wildman–Crippen MR) is 81.6 cm³/mol. The second kappa shape index (κ2) is 6.35. The monoisotopic (exact) mass is 304 g/mol. The van der Waals surface area contributed by atoms with Crippen LogP contribution in [0, 0.1) is 6.92 Å². The normalized spacial score (nSPS) is 12.9. The van der Waals surface area contributed by atoms with E-state index in [9.17, 15) is 19.1 Å². The van der Waals surface area contributed by atoms with Gasteiger partial charge in [0.15, 0.2) is 5.78 Å². The van der Waals surface area contributed by atoms with E-state index in [1.165, 1.54) is 0 Å². The van der Waals surface area contributed by atoms with Crippen molar-refractivity contribution in [2.24, 2.45) is 0 Å². The molecular weight excluding hydrogens is 287 g/mol. The van der Waals surface area contributed by atoms with Crippen LogP contribution >= 0.6 is 7.60 Å². The lowest BCUT2D eigenvalue weighted by Gasteiger charge is -2.17. The van der Waals surface area contributed by atoms with E-state index >= 15 is 0 Å².